The summed E-state index contributed by atoms with van der Waals surface area (Å²) in [6.45, 7) is 4.40. The maximum atomic E-state index is 11.8. The summed E-state index contributed by atoms with van der Waals surface area (Å²) in [5, 5.41) is 9.41. The third kappa shape index (κ3) is 3.84. The number of amides is 1. The highest BCUT2D eigenvalue weighted by Gasteiger charge is 2.27. The van der Waals surface area contributed by atoms with Crippen molar-refractivity contribution in [3.63, 3.8) is 0 Å². The highest BCUT2D eigenvalue weighted by Crippen LogP contribution is 2.17. The molecule has 1 heterocycles. The number of hydrogen-bond donors (Lipinski definition) is 1. The van der Waals surface area contributed by atoms with Crippen molar-refractivity contribution >= 4 is 5.91 Å². The molecule has 0 saturated carbocycles. The SMILES string of the molecule is COCC1CCCN1C(=O)C#CC(C)(C)O. The Labute approximate surface area is 96.6 Å². The number of hydrogen-bond acceptors (Lipinski definition) is 3. The molecule has 1 amide bonds. The number of carbonyl (C=O) groups excluding carboxylic acids is 1. The number of ether oxygens (including phenoxy) is 1. The highest BCUT2D eigenvalue weighted by molar-refractivity contribution is 5.94. The van der Waals surface area contributed by atoms with E-state index in [-0.39, 0.29) is 11.9 Å². The normalized spacial score (nSPS) is 20.5. The predicted octanol–water partition coefficient (Wildman–Crippen LogP) is 0.398. The van der Waals surface area contributed by atoms with Gasteiger partial charge in [0, 0.05) is 13.7 Å². The fraction of sp³-hybridized carbons (Fsp3) is 0.750. The summed E-state index contributed by atoms with van der Waals surface area (Å²) in [4.78, 5) is 13.5. The topological polar surface area (TPSA) is 49.8 Å². The summed E-state index contributed by atoms with van der Waals surface area (Å²) >= 11 is 0. The minimum atomic E-state index is -1.12. The monoisotopic (exact) mass is 225 g/mol. The Balaban J connectivity index is 2.62. The number of carbonyl (C=O) groups is 1. The van der Waals surface area contributed by atoms with E-state index in [1.807, 2.05) is 0 Å². The second-order valence-corrected chi connectivity index (χ2v) is 4.56. The number of nitrogens with zero attached hydrogens (tertiary/aromatic N) is 1. The van der Waals surface area contributed by atoms with Crippen LogP contribution in [0.3, 0.4) is 0 Å². The molecule has 16 heavy (non-hydrogen) atoms. The summed E-state index contributed by atoms with van der Waals surface area (Å²) in [5.41, 5.74) is -1.12. The first-order valence-electron chi connectivity index (χ1n) is 5.49. The Bertz CT molecular complexity index is 308. The minimum Gasteiger partial charge on any atom is -0.383 e. The van der Waals surface area contributed by atoms with Gasteiger partial charge in [-0.25, -0.2) is 0 Å². The number of aliphatic hydroxyl groups is 1. The molecule has 0 radical (unpaired) electrons. The van der Waals surface area contributed by atoms with E-state index in [1.165, 1.54) is 0 Å². The van der Waals surface area contributed by atoms with Crippen LogP contribution in [0, 0.1) is 11.8 Å². The number of methoxy groups -OCH3 is 1. The minimum absolute atomic E-state index is 0.133. The zero-order valence-electron chi connectivity index (χ0n) is 10.1. The molecule has 0 spiro atoms. The van der Waals surface area contributed by atoms with Crippen LogP contribution in [0.15, 0.2) is 0 Å². The molecule has 4 nitrogen and oxygen atoms in total. The highest BCUT2D eigenvalue weighted by atomic mass is 16.5. The fourth-order valence-corrected chi connectivity index (χ4v) is 1.75. The van der Waals surface area contributed by atoms with E-state index >= 15 is 0 Å². The second-order valence-electron chi connectivity index (χ2n) is 4.56. The standard InChI is InChI=1S/C12H19NO3/c1-12(2,15)7-6-11(14)13-8-4-5-10(13)9-16-3/h10,15H,4-5,8-9H2,1-3H3. The van der Waals surface area contributed by atoms with Crippen molar-refractivity contribution in [3.05, 3.63) is 0 Å². The third-order valence-corrected chi connectivity index (χ3v) is 2.47. The molecular weight excluding hydrogens is 206 g/mol. The lowest BCUT2D eigenvalue weighted by Crippen LogP contribution is -2.37. The van der Waals surface area contributed by atoms with E-state index in [0.717, 1.165) is 19.4 Å². The van der Waals surface area contributed by atoms with Gasteiger partial charge in [-0.2, -0.15) is 0 Å². The van der Waals surface area contributed by atoms with Gasteiger partial charge in [-0.15, -0.1) is 0 Å². The molecule has 0 aromatic carbocycles. The van der Waals surface area contributed by atoms with Crippen molar-refractivity contribution < 1.29 is 14.6 Å². The van der Waals surface area contributed by atoms with Gasteiger partial charge in [-0.3, -0.25) is 4.79 Å². The van der Waals surface area contributed by atoms with Gasteiger partial charge >= 0.3 is 0 Å². The van der Waals surface area contributed by atoms with Crippen molar-refractivity contribution in [2.24, 2.45) is 0 Å². The smallest absolute Gasteiger partial charge is 0.298 e. The van der Waals surface area contributed by atoms with E-state index in [4.69, 9.17) is 4.74 Å². The van der Waals surface area contributed by atoms with E-state index < -0.39 is 5.60 Å². The lowest BCUT2D eigenvalue weighted by Gasteiger charge is -2.21. The summed E-state index contributed by atoms with van der Waals surface area (Å²) < 4.78 is 5.06. The molecule has 1 unspecified atom stereocenters. The zero-order valence-corrected chi connectivity index (χ0v) is 10.1. The molecule has 1 N–H and O–H groups in total. The molecule has 1 aliphatic rings. The van der Waals surface area contributed by atoms with Crippen LogP contribution in [0.5, 0.6) is 0 Å². The van der Waals surface area contributed by atoms with E-state index in [1.54, 1.807) is 25.9 Å². The Hall–Kier alpha value is -1.05. The van der Waals surface area contributed by atoms with E-state index in [2.05, 4.69) is 11.8 Å². The molecule has 0 aliphatic carbocycles. The first-order valence-corrected chi connectivity index (χ1v) is 5.49. The van der Waals surface area contributed by atoms with E-state index in [9.17, 15) is 9.90 Å². The van der Waals surface area contributed by atoms with Crippen molar-refractivity contribution in [2.45, 2.75) is 38.3 Å². The maximum Gasteiger partial charge on any atom is 0.298 e. The summed E-state index contributed by atoms with van der Waals surface area (Å²) in [6.07, 6.45) is 1.95. The predicted molar refractivity (Wildman–Crippen MR) is 60.7 cm³/mol. The molecule has 1 saturated heterocycles. The zero-order chi connectivity index (χ0) is 12.2. The van der Waals surface area contributed by atoms with Gasteiger partial charge < -0.3 is 14.7 Å². The summed E-state index contributed by atoms with van der Waals surface area (Å²) in [5.74, 6) is 4.80. The molecule has 0 bridgehead atoms. The van der Waals surface area contributed by atoms with Crippen molar-refractivity contribution in [1.29, 1.82) is 0 Å². The van der Waals surface area contributed by atoms with Crippen molar-refractivity contribution in [3.8, 4) is 11.8 Å². The van der Waals surface area contributed by atoms with Gasteiger partial charge in [0.05, 0.1) is 12.6 Å². The van der Waals surface area contributed by atoms with E-state index in [0.29, 0.717) is 6.61 Å². The summed E-state index contributed by atoms with van der Waals surface area (Å²) in [6, 6.07) is 0.133. The second kappa shape index (κ2) is 5.33. The molecule has 1 rings (SSSR count). The molecule has 4 heteroatoms. The van der Waals surface area contributed by atoms with Gasteiger partial charge in [-0.05, 0) is 32.6 Å². The van der Waals surface area contributed by atoms with Crippen LogP contribution in [-0.2, 0) is 9.53 Å². The van der Waals surface area contributed by atoms with Gasteiger partial charge in [-0.1, -0.05) is 5.92 Å². The van der Waals surface area contributed by atoms with Crippen LogP contribution in [0.4, 0.5) is 0 Å². The molecular formula is C12H19NO3. The van der Waals surface area contributed by atoms with Crippen LogP contribution < -0.4 is 0 Å². The Morgan fingerprint density at radius 2 is 2.31 bits per heavy atom. The van der Waals surface area contributed by atoms with Crippen LogP contribution in [-0.4, -0.2) is 47.8 Å². The number of likely N-dealkylation sites (tertiary alicyclic amines) is 1. The number of rotatable bonds is 2. The fourth-order valence-electron chi connectivity index (χ4n) is 1.75. The largest absolute Gasteiger partial charge is 0.383 e. The van der Waals surface area contributed by atoms with Gasteiger partial charge in [0.2, 0.25) is 0 Å². The van der Waals surface area contributed by atoms with Crippen LogP contribution >= 0.6 is 0 Å². The Morgan fingerprint density at radius 3 is 2.88 bits per heavy atom. The summed E-state index contributed by atoms with van der Waals surface area (Å²) in [7, 11) is 1.63. The average molecular weight is 225 g/mol. The van der Waals surface area contributed by atoms with Gasteiger partial charge in [0.15, 0.2) is 0 Å². The quantitative estimate of drug-likeness (QED) is 0.692. The lowest BCUT2D eigenvalue weighted by molar-refractivity contribution is -0.126. The first kappa shape index (κ1) is 13.0. The molecule has 1 atom stereocenters. The molecule has 0 aromatic heterocycles. The van der Waals surface area contributed by atoms with Gasteiger partial charge in [0.1, 0.15) is 5.60 Å². The molecule has 90 valence electrons. The molecule has 0 aromatic rings. The Kier molecular flexibility index (Phi) is 4.34. The lowest BCUT2D eigenvalue weighted by atomic mass is 10.1. The Morgan fingerprint density at radius 1 is 1.62 bits per heavy atom. The first-order chi connectivity index (χ1) is 7.44. The molecule has 1 fully saturated rings. The van der Waals surface area contributed by atoms with Crippen LogP contribution in [0.2, 0.25) is 0 Å². The van der Waals surface area contributed by atoms with Gasteiger partial charge in [0.25, 0.3) is 5.91 Å². The van der Waals surface area contributed by atoms with Crippen molar-refractivity contribution in [1.82, 2.24) is 4.90 Å². The van der Waals surface area contributed by atoms with Crippen LogP contribution in [0.1, 0.15) is 26.7 Å². The average Bonchev–Trinajstić information content (AvgIpc) is 2.62. The maximum absolute atomic E-state index is 11.8. The van der Waals surface area contributed by atoms with Crippen molar-refractivity contribution in [2.75, 3.05) is 20.3 Å². The van der Waals surface area contributed by atoms with Crippen LogP contribution in [0.25, 0.3) is 0 Å². The molecule has 1 aliphatic heterocycles. The third-order valence-electron chi connectivity index (χ3n) is 2.47.